The van der Waals surface area contributed by atoms with Crippen molar-refractivity contribution < 1.29 is 4.79 Å². The molecule has 0 aliphatic rings. The summed E-state index contributed by atoms with van der Waals surface area (Å²) in [6.45, 7) is 9.24. The summed E-state index contributed by atoms with van der Waals surface area (Å²) in [5.74, 6) is 1.16. The zero-order chi connectivity index (χ0) is 12.1. The van der Waals surface area contributed by atoms with Gasteiger partial charge in [-0.25, -0.2) is 4.79 Å². The van der Waals surface area contributed by atoms with Crippen LogP contribution < -0.4 is 21.6 Å². The van der Waals surface area contributed by atoms with E-state index in [4.69, 9.17) is 0 Å². The molecule has 0 atom stereocenters. The molecule has 0 aromatic carbocycles. The minimum absolute atomic E-state index is 0.176. The first-order chi connectivity index (χ1) is 7.54. The van der Waals surface area contributed by atoms with Crippen LogP contribution in [0.2, 0.25) is 0 Å². The van der Waals surface area contributed by atoms with E-state index in [1.807, 2.05) is 6.92 Å². The third-order valence-corrected chi connectivity index (χ3v) is 2.69. The average molecular weight is 239 g/mol. The first-order valence-corrected chi connectivity index (χ1v) is 5.86. The van der Waals surface area contributed by atoms with Gasteiger partial charge >= 0.3 is 5.69 Å². The molecule has 5 nitrogen and oxygen atoms in total. The third-order valence-electron chi connectivity index (χ3n) is 1.82. The zero-order valence-corrected chi connectivity index (χ0v) is 9.82. The molecule has 1 amide bonds. The predicted molar refractivity (Wildman–Crippen MR) is 66.8 cm³/mol. The second-order valence-electron chi connectivity index (χ2n) is 3.03. The van der Waals surface area contributed by atoms with Crippen LogP contribution in [-0.2, 0) is 4.79 Å². The molecule has 2 N–H and O–H groups in total. The van der Waals surface area contributed by atoms with E-state index in [0.717, 1.165) is 5.75 Å². The average Bonchev–Trinajstić information content (AvgIpc) is 2.22. The number of nitrogens with zero attached hydrogens (tertiary/aromatic N) is 1. The van der Waals surface area contributed by atoms with Gasteiger partial charge in [0.1, 0.15) is 5.82 Å². The summed E-state index contributed by atoms with van der Waals surface area (Å²) in [6, 6.07) is 0. The number of nitrogens with one attached hydrogen (secondary N) is 2. The van der Waals surface area contributed by atoms with Crippen molar-refractivity contribution in [2.45, 2.75) is 6.92 Å². The number of rotatable bonds is 4. The molecule has 1 aromatic rings. The van der Waals surface area contributed by atoms with Gasteiger partial charge in [0, 0.05) is 10.6 Å². The molecule has 0 saturated carbocycles. The van der Waals surface area contributed by atoms with Crippen molar-refractivity contribution >= 4 is 36.6 Å². The Balaban J connectivity index is 2.90. The number of carbonyl (C=O) groups excluding carboxylic acids is 1. The summed E-state index contributed by atoms with van der Waals surface area (Å²) in [7, 11) is 0. The van der Waals surface area contributed by atoms with E-state index in [1.165, 1.54) is 11.8 Å². The number of amides is 1. The Kier molecular flexibility index (Phi) is 4.30. The fourth-order valence-electron chi connectivity index (χ4n) is 1.01. The maximum absolute atomic E-state index is 11.4. The van der Waals surface area contributed by atoms with Gasteiger partial charge in [-0.1, -0.05) is 20.1 Å². The van der Waals surface area contributed by atoms with Crippen molar-refractivity contribution in [3.05, 3.63) is 21.1 Å². The normalized spacial score (nSPS) is 10.1. The van der Waals surface area contributed by atoms with Gasteiger partial charge in [-0.2, -0.15) is 16.7 Å². The number of thioether (sulfide) groups is 1. The second-order valence-corrected chi connectivity index (χ2v) is 4.31. The van der Waals surface area contributed by atoms with E-state index in [0.29, 0.717) is 16.3 Å². The molecule has 86 valence electrons. The highest BCUT2D eigenvalue weighted by molar-refractivity contribution is 7.99. The number of hydrogen-bond acceptors (Lipinski definition) is 4. The number of H-pyrrole nitrogens is 1. The Bertz CT molecular complexity index is 538. The molecule has 0 spiro atoms. The molecule has 16 heavy (non-hydrogen) atoms. The fourth-order valence-corrected chi connectivity index (χ4v) is 1.47. The number of aromatic nitrogens is 2. The Morgan fingerprint density at radius 1 is 1.56 bits per heavy atom. The minimum Gasteiger partial charge on any atom is -0.309 e. The lowest BCUT2D eigenvalue weighted by Crippen LogP contribution is -2.38. The molecule has 0 aliphatic carbocycles. The molecule has 6 heteroatoms. The van der Waals surface area contributed by atoms with Crippen LogP contribution in [0.15, 0.2) is 4.79 Å². The van der Waals surface area contributed by atoms with E-state index in [1.54, 1.807) is 0 Å². The van der Waals surface area contributed by atoms with Crippen molar-refractivity contribution in [1.82, 2.24) is 9.97 Å². The minimum atomic E-state index is -0.546. The van der Waals surface area contributed by atoms with Crippen molar-refractivity contribution in [1.29, 1.82) is 0 Å². The number of carbonyl (C=O) groups is 1. The maximum Gasteiger partial charge on any atom is 0.347 e. The van der Waals surface area contributed by atoms with Crippen molar-refractivity contribution in [2.24, 2.45) is 0 Å². The standard InChI is InChI=1S/C10H13N3O2S/c1-4-16-5-8(14)12-9-6(2)7(3)11-10(15)13-9/h2-5H2,1H3,(H2,11,12,13,14,15). The zero-order valence-electron chi connectivity index (χ0n) is 9.00. The van der Waals surface area contributed by atoms with E-state index in [9.17, 15) is 9.59 Å². The molecule has 0 aliphatic heterocycles. The fraction of sp³-hybridized carbons (Fsp3) is 0.300. The van der Waals surface area contributed by atoms with E-state index < -0.39 is 5.69 Å². The molecular weight excluding hydrogens is 226 g/mol. The largest absolute Gasteiger partial charge is 0.347 e. The van der Waals surface area contributed by atoms with Crippen LogP contribution in [0, 0.1) is 0 Å². The highest BCUT2D eigenvalue weighted by atomic mass is 32.2. The van der Waals surface area contributed by atoms with Crippen LogP contribution in [0.1, 0.15) is 6.92 Å². The number of hydrogen-bond donors (Lipinski definition) is 2. The van der Waals surface area contributed by atoms with Crippen molar-refractivity contribution in [3.8, 4) is 0 Å². The van der Waals surface area contributed by atoms with Gasteiger partial charge in [0.05, 0.1) is 5.75 Å². The first kappa shape index (κ1) is 12.5. The lowest BCUT2D eigenvalue weighted by Gasteiger charge is -2.03. The molecule has 1 rings (SSSR count). The first-order valence-electron chi connectivity index (χ1n) is 4.70. The van der Waals surface area contributed by atoms with E-state index >= 15 is 0 Å². The van der Waals surface area contributed by atoms with Gasteiger partial charge in [-0.15, -0.1) is 0 Å². The monoisotopic (exact) mass is 239 g/mol. The lowest BCUT2D eigenvalue weighted by molar-refractivity contribution is -0.113. The van der Waals surface area contributed by atoms with Gasteiger partial charge in [0.25, 0.3) is 0 Å². The Hall–Kier alpha value is -1.56. The lowest BCUT2D eigenvalue weighted by atomic mass is 10.4. The van der Waals surface area contributed by atoms with Gasteiger partial charge in [-0.05, 0) is 5.75 Å². The molecule has 1 aromatic heterocycles. The third kappa shape index (κ3) is 3.23. The van der Waals surface area contributed by atoms with Gasteiger partial charge < -0.3 is 10.3 Å². The molecular formula is C10H13N3O2S. The molecule has 0 fully saturated rings. The van der Waals surface area contributed by atoms with E-state index in [2.05, 4.69) is 28.4 Å². The second kappa shape index (κ2) is 5.50. The predicted octanol–water partition coefficient (Wildman–Crippen LogP) is -0.718. The smallest absolute Gasteiger partial charge is 0.309 e. The van der Waals surface area contributed by atoms with Crippen LogP contribution in [0.5, 0.6) is 0 Å². The Morgan fingerprint density at radius 2 is 2.25 bits per heavy atom. The van der Waals surface area contributed by atoms with Crippen LogP contribution in [-0.4, -0.2) is 27.4 Å². The van der Waals surface area contributed by atoms with Gasteiger partial charge in [0.15, 0.2) is 0 Å². The molecule has 0 bridgehead atoms. The number of anilines is 1. The van der Waals surface area contributed by atoms with Crippen molar-refractivity contribution in [3.63, 3.8) is 0 Å². The summed E-state index contributed by atoms with van der Waals surface area (Å²) in [5.41, 5.74) is -0.546. The Morgan fingerprint density at radius 3 is 2.88 bits per heavy atom. The topological polar surface area (TPSA) is 74.8 Å². The quantitative estimate of drug-likeness (QED) is 0.727. The SMILES string of the molecule is C=c1[nH]c(=O)nc(NC(=O)CSCC)c1=C. The molecule has 0 unspecified atom stereocenters. The molecule has 0 saturated heterocycles. The highest BCUT2D eigenvalue weighted by Gasteiger charge is 2.04. The molecule has 1 heterocycles. The summed E-state index contributed by atoms with van der Waals surface area (Å²) in [4.78, 5) is 28.5. The molecule has 0 radical (unpaired) electrons. The summed E-state index contributed by atoms with van der Waals surface area (Å²) >= 11 is 1.49. The van der Waals surface area contributed by atoms with Crippen LogP contribution >= 0.6 is 11.8 Å². The van der Waals surface area contributed by atoms with Gasteiger partial charge in [0.2, 0.25) is 5.91 Å². The van der Waals surface area contributed by atoms with Crippen LogP contribution in [0.3, 0.4) is 0 Å². The van der Waals surface area contributed by atoms with Crippen LogP contribution in [0.25, 0.3) is 13.2 Å². The Labute approximate surface area is 96.7 Å². The summed E-state index contributed by atoms with van der Waals surface area (Å²) in [6.07, 6.45) is 0. The highest BCUT2D eigenvalue weighted by Crippen LogP contribution is 1.98. The van der Waals surface area contributed by atoms with Crippen molar-refractivity contribution in [2.75, 3.05) is 16.8 Å². The van der Waals surface area contributed by atoms with Crippen LogP contribution in [0.4, 0.5) is 5.82 Å². The number of aromatic amines is 1. The summed E-state index contributed by atoms with van der Waals surface area (Å²) < 4.78 is 0. The summed E-state index contributed by atoms with van der Waals surface area (Å²) in [5, 5.41) is 3.32. The maximum atomic E-state index is 11.4. The van der Waals surface area contributed by atoms with Gasteiger partial charge in [-0.3, -0.25) is 4.79 Å². The van der Waals surface area contributed by atoms with E-state index in [-0.39, 0.29) is 11.7 Å².